The van der Waals surface area contributed by atoms with E-state index in [1.165, 1.54) is 16.9 Å². The Morgan fingerprint density at radius 3 is 1.95 bits per heavy atom. The molecule has 2 fully saturated rings. The number of hydrogen-bond donors (Lipinski definition) is 6. The molecule has 324 valence electrons. The van der Waals surface area contributed by atoms with Gasteiger partial charge in [0.1, 0.15) is 16.9 Å². The van der Waals surface area contributed by atoms with E-state index in [-0.39, 0.29) is 59.4 Å². The van der Waals surface area contributed by atoms with Gasteiger partial charge in [0, 0.05) is 63.2 Å². The molecule has 5 aromatic heterocycles. The quantitative estimate of drug-likeness (QED) is 0.0861. The largest absolute Gasteiger partial charge is 0.395 e. The predicted octanol–water partition coefficient (Wildman–Crippen LogP) is 2.71. The van der Waals surface area contributed by atoms with E-state index in [0.29, 0.717) is 78.0 Å². The van der Waals surface area contributed by atoms with E-state index in [0.717, 1.165) is 24.8 Å². The van der Waals surface area contributed by atoms with Crippen LogP contribution in [0.1, 0.15) is 91.8 Å². The van der Waals surface area contributed by atoms with Gasteiger partial charge in [-0.05, 0) is 70.7 Å². The molecule has 1 aromatic carbocycles. The first kappa shape index (κ1) is 41.6. The number of nitrogens with one attached hydrogen (secondary N) is 2. The third-order valence-electron chi connectivity index (χ3n) is 11.7. The van der Waals surface area contributed by atoms with Gasteiger partial charge in [-0.1, -0.05) is 12.2 Å². The number of carbonyl (C=O) groups excluding carboxylic acids is 4. The minimum Gasteiger partial charge on any atom is -0.395 e. The van der Waals surface area contributed by atoms with Crippen LogP contribution in [-0.2, 0) is 37.5 Å². The van der Waals surface area contributed by atoms with Crippen molar-refractivity contribution in [3.63, 3.8) is 0 Å². The number of ether oxygens (including phenoxy) is 1. The molecule has 0 radical (unpaired) electrons. The average molecular weight is 847 g/mol. The number of fused-ring (bicyclic) bond motifs is 4. The van der Waals surface area contributed by atoms with E-state index in [1.54, 1.807) is 35.2 Å². The highest BCUT2D eigenvalue weighted by Gasteiger charge is 2.36. The van der Waals surface area contributed by atoms with Gasteiger partial charge in [0.15, 0.2) is 5.65 Å². The molecule has 2 aliphatic rings. The molecule has 0 unspecified atom stereocenters. The van der Waals surface area contributed by atoms with Crippen LogP contribution in [0.3, 0.4) is 0 Å². The van der Waals surface area contributed by atoms with Crippen LogP contribution in [-0.4, -0.2) is 97.5 Å². The van der Waals surface area contributed by atoms with Crippen LogP contribution >= 0.6 is 0 Å². The minimum absolute atomic E-state index is 0.142. The van der Waals surface area contributed by atoms with Crippen molar-refractivity contribution in [2.75, 3.05) is 35.3 Å². The van der Waals surface area contributed by atoms with Gasteiger partial charge in [-0.3, -0.25) is 48.6 Å². The number of carbonyl (C=O) groups is 4. The lowest BCUT2D eigenvalue weighted by molar-refractivity contribution is 0.0991. The number of nitrogens with zero attached hydrogens (tertiary/aromatic N) is 10. The second-order valence-electron chi connectivity index (χ2n) is 15.5. The van der Waals surface area contributed by atoms with Gasteiger partial charge in [0.25, 0.3) is 11.8 Å². The smallest absolute Gasteiger partial charge is 0.278 e. The number of rotatable bonds is 14. The molecule has 0 spiro atoms. The van der Waals surface area contributed by atoms with Crippen LogP contribution in [0.5, 0.6) is 0 Å². The Morgan fingerprint density at radius 1 is 0.774 bits per heavy atom. The van der Waals surface area contributed by atoms with Gasteiger partial charge in [0.05, 0.1) is 46.0 Å². The molecule has 4 amide bonds. The molecular formula is C41H50N16O5. The summed E-state index contributed by atoms with van der Waals surface area (Å²) in [6.45, 7) is 10.1. The highest BCUT2D eigenvalue weighted by Crippen LogP contribution is 2.34. The standard InChI is InChI=1S/C41H50N16O5/c1-5-56-33(30(42)21(3)51-56)38(60)49-40-47-28-16-23(35(44)58)15-25(19-55-26-9-10-27(55)20-62-14-11-26)32(28)53(40)12-7-8-13-54-37-29(17-24(18-46-37)36(45)59)48-41(54)50-39(61)34-31(43)22(4)52-57(34)6-2/h7-8,15-18,26-27H,5-6,9-14,19-20,42-43H2,1-4H3,(H2,44,58)(H2,45,59)(H,47,49,60)(H,48,50,61)/b8-7+/t26-,27+/m1/s1. The van der Waals surface area contributed by atoms with Crippen LogP contribution in [0.4, 0.5) is 23.3 Å². The van der Waals surface area contributed by atoms with Crippen molar-refractivity contribution >= 4 is 69.1 Å². The lowest BCUT2D eigenvalue weighted by atomic mass is 10.1. The number of anilines is 4. The van der Waals surface area contributed by atoms with Crippen LogP contribution in [0.15, 0.2) is 36.5 Å². The number of pyridine rings is 1. The molecule has 21 heteroatoms. The van der Waals surface area contributed by atoms with Crippen molar-refractivity contribution in [1.82, 2.24) is 48.5 Å². The maximum Gasteiger partial charge on any atom is 0.278 e. The van der Waals surface area contributed by atoms with Crippen molar-refractivity contribution < 1.29 is 23.9 Å². The zero-order chi connectivity index (χ0) is 44.0. The first-order valence-electron chi connectivity index (χ1n) is 20.5. The summed E-state index contributed by atoms with van der Waals surface area (Å²) in [7, 11) is 0. The van der Waals surface area contributed by atoms with Gasteiger partial charge < -0.3 is 32.2 Å². The summed E-state index contributed by atoms with van der Waals surface area (Å²) in [5.74, 6) is -1.96. The van der Waals surface area contributed by atoms with Crippen molar-refractivity contribution in [2.45, 2.75) is 91.8 Å². The molecule has 21 nitrogen and oxygen atoms in total. The van der Waals surface area contributed by atoms with Gasteiger partial charge in [-0.25, -0.2) is 15.0 Å². The fourth-order valence-corrected chi connectivity index (χ4v) is 8.51. The van der Waals surface area contributed by atoms with Crippen molar-refractivity contribution in [2.24, 2.45) is 11.5 Å². The van der Waals surface area contributed by atoms with E-state index in [1.807, 2.05) is 30.6 Å². The van der Waals surface area contributed by atoms with E-state index < -0.39 is 23.6 Å². The monoisotopic (exact) mass is 846 g/mol. The normalized spacial score (nSPS) is 16.7. The molecule has 8 rings (SSSR count). The van der Waals surface area contributed by atoms with Crippen LogP contribution in [0.2, 0.25) is 0 Å². The number of aromatic nitrogens is 9. The Hall–Kier alpha value is -7.13. The van der Waals surface area contributed by atoms with Gasteiger partial charge in [-0.15, -0.1) is 0 Å². The van der Waals surface area contributed by atoms with Crippen molar-refractivity contribution in [3.8, 4) is 0 Å². The second-order valence-corrected chi connectivity index (χ2v) is 15.5. The molecule has 7 heterocycles. The zero-order valence-corrected chi connectivity index (χ0v) is 35.0. The fraction of sp³-hybridized carbons (Fsp3) is 0.390. The summed E-state index contributed by atoms with van der Waals surface area (Å²) in [5, 5.41) is 14.6. The number of imidazole rings is 2. The second kappa shape index (κ2) is 16.7. The molecule has 10 N–H and O–H groups in total. The average Bonchev–Trinajstić information content (AvgIpc) is 3.99. The number of primary amides is 2. The molecular weight excluding hydrogens is 797 g/mol. The summed E-state index contributed by atoms with van der Waals surface area (Å²) in [5.41, 5.74) is 29.1. The third-order valence-corrected chi connectivity index (χ3v) is 11.7. The molecule has 6 aromatic rings. The van der Waals surface area contributed by atoms with E-state index in [2.05, 4.69) is 35.7 Å². The lowest BCUT2D eigenvalue weighted by Gasteiger charge is -2.27. The Bertz CT molecular complexity index is 2780. The fourth-order valence-electron chi connectivity index (χ4n) is 8.51. The van der Waals surface area contributed by atoms with Gasteiger partial charge >= 0.3 is 0 Å². The zero-order valence-electron chi connectivity index (χ0n) is 35.0. The molecule has 62 heavy (non-hydrogen) atoms. The number of nitrogens with two attached hydrogens (primary N) is 4. The van der Waals surface area contributed by atoms with Gasteiger partial charge in [-0.2, -0.15) is 10.2 Å². The number of hydrogen-bond acceptors (Lipinski definition) is 13. The highest BCUT2D eigenvalue weighted by atomic mass is 16.5. The van der Waals surface area contributed by atoms with Crippen LogP contribution < -0.4 is 33.6 Å². The summed E-state index contributed by atoms with van der Waals surface area (Å²) < 4.78 is 12.5. The lowest BCUT2D eigenvalue weighted by Crippen LogP contribution is -2.36. The first-order chi connectivity index (χ1) is 29.8. The number of aryl methyl sites for hydroxylation is 4. The maximum atomic E-state index is 14.0. The molecule has 0 saturated carbocycles. The predicted molar refractivity (Wildman–Crippen MR) is 231 cm³/mol. The van der Waals surface area contributed by atoms with E-state index >= 15 is 0 Å². The Balaban J connectivity index is 1.18. The number of allylic oxidation sites excluding steroid dienone is 2. The summed E-state index contributed by atoms with van der Waals surface area (Å²) >= 11 is 0. The Kier molecular flexibility index (Phi) is 11.2. The highest BCUT2D eigenvalue weighted by molar-refractivity contribution is 6.08. The van der Waals surface area contributed by atoms with Crippen molar-refractivity contribution in [3.05, 3.63) is 76.0 Å². The summed E-state index contributed by atoms with van der Waals surface area (Å²) in [6.07, 6.45) is 8.01. The number of benzene rings is 1. The topological polar surface area (TPSA) is 293 Å². The summed E-state index contributed by atoms with van der Waals surface area (Å²) in [4.78, 5) is 68.9. The SMILES string of the molecule is CCn1nc(C)c(N)c1C(=O)Nc1nc2cc(C(N)=O)cnc2n1C/C=C/Cn1c(NC(=O)c2c(N)c(C)nn2CC)nc2cc(C(N)=O)cc(CN3[C@H]4CCOC[C@@H]3CC4)c21. The van der Waals surface area contributed by atoms with Gasteiger partial charge in [0.2, 0.25) is 23.7 Å². The molecule has 2 saturated heterocycles. The molecule has 2 aliphatic heterocycles. The van der Waals surface area contributed by atoms with Crippen LogP contribution in [0, 0.1) is 13.8 Å². The molecule has 2 bridgehead atoms. The van der Waals surface area contributed by atoms with E-state index in [9.17, 15) is 19.2 Å². The van der Waals surface area contributed by atoms with Crippen molar-refractivity contribution in [1.29, 1.82) is 0 Å². The molecule has 0 aliphatic carbocycles. The maximum absolute atomic E-state index is 14.0. The van der Waals surface area contributed by atoms with Crippen LogP contribution in [0.25, 0.3) is 22.2 Å². The number of amides is 4. The Labute approximate surface area is 355 Å². The summed E-state index contributed by atoms with van der Waals surface area (Å²) in [6, 6.07) is 5.45. The molecule has 2 atom stereocenters. The minimum atomic E-state index is -0.680. The third kappa shape index (κ3) is 7.59. The van der Waals surface area contributed by atoms with E-state index in [4.69, 9.17) is 32.7 Å². The Morgan fingerprint density at radius 2 is 1.34 bits per heavy atom. The number of nitrogen functional groups attached to an aromatic ring is 2. The first-order valence-corrected chi connectivity index (χ1v) is 20.5.